The van der Waals surface area contributed by atoms with Crippen molar-refractivity contribution in [3.8, 4) is 0 Å². The largest absolute Gasteiger partial charge is 0.338 e. The van der Waals surface area contributed by atoms with Crippen molar-refractivity contribution in [3.63, 3.8) is 0 Å². The summed E-state index contributed by atoms with van der Waals surface area (Å²) in [7, 11) is 0. The van der Waals surface area contributed by atoms with Gasteiger partial charge in [0.1, 0.15) is 0 Å². The Kier molecular flexibility index (Phi) is 3.12. The summed E-state index contributed by atoms with van der Waals surface area (Å²) in [5.74, 6) is 0.0509. The summed E-state index contributed by atoms with van der Waals surface area (Å²) < 4.78 is 0. The summed E-state index contributed by atoms with van der Waals surface area (Å²) in [5.41, 5.74) is 5.26. The summed E-state index contributed by atoms with van der Waals surface area (Å²) in [6, 6.07) is 0. The molecule has 1 amide bonds. The first-order chi connectivity index (χ1) is 4.16. The predicted molar refractivity (Wildman–Crippen MR) is 41.8 cm³/mol. The minimum absolute atomic E-state index is 0. The van der Waals surface area contributed by atoms with Crippen LogP contribution in [0, 0.1) is 0 Å². The fourth-order valence-corrected chi connectivity index (χ4v) is 0.626. The van der Waals surface area contributed by atoms with Gasteiger partial charge in [-0.05, 0) is 12.8 Å². The second-order valence-corrected chi connectivity index (χ2v) is 2.56. The highest BCUT2D eigenvalue weighted by atomic mass is 35.5. The average Bonchev–Trinajstić information content (AvgIpc) is 2.48. The summed E-state index contributed by atoms with van der Waals surface area (Å²) >= 11 is 0. The number of rotatable bonds is 2. The standard InChI is InChI=1S/C6H12N2O.ClH/c1-2-5(9)8-6(7)3-4-6;/h2-4,7H2,1H3,(H,8,9);1H. The molecule has 0 saturated heterocycles. The molecule has 0 aliphatic heterocycles. The molecule has 0 radical (unpaired) electrons. The van der Waals surface area contributed by atoms with Crippen LogP contribution in [0.25, 0.3) is 0 Å². The molecule has 1 aliphatic rings. The van der Waals surface area contributed by atoms with E-state index < -0.39 is 0 Å². The van der Waals surface area contributed by atoms with Crippen molar-refractivity contribution < 1.29 is 4.79 Å². The van der Waals surface area contributed by atoms with Gasteiger partial charge in [-0.3, -0.25) is 4.79 Å². The molecule has 1 aliphatic carbocycles. The maximum atomic E-state index is 10.7. The van der Waals surface area contributed by atoms with E-state index in [9.17, 15) is 4.79 Å². The Morgan fingerprint density at radius 1 is 1.70 bits per heavy atom. The first-order valence-electron chi connectivity index (χ1n) is 3.26. The van der Waals surface area contributed by atoms with E-state index in [1.54, 1.807) is 0 Å². The van der Waals surface area contributed by atoms with Gasteiger partial charge in [-0.2, -0.15) is 0 Å². The van der Waals surface area contributed by atoms with E-state index in [1.807, 2.05) is 6.92 Å². The number of nitrogens with two attached hydrogens (primary N) is 1. The van der Waals surface area contributed by atoms with Crippen molar-refractivity contribution in [1.82, 2.24) is 5.32 Å². The van der Waals surface area contributed by atoms with Crippen LogP contribution in [0.2, 0.25) is 0 Å². The fourth-order valence-electron chi connectivity index (χ4n) is 0.626. The molecule has 1 rings (SSSR count). The van der Waals surface area contributed by atoms with E-state index in [4.69, 9.17) is 5.73 Å². The van der Waals surface area contributed by atoms with Gasteiger partial charge in [0.25, 0.3) is 0 Å². The van der Waals surface area contributed by atoms with E-state index in [0.29, 0.717) is 6.42 Å². The van der Waals surface area contributed by atoms with Gasteiger partial charge in [-0.1, -0.05) is 6.92 Å². The molecule has 4 heteroatoms. The Morgan fingerprint density at radius 2 is 2.20 bits per heavy atom. The first-order valence-corrected chi connectivity index (χ1v) is 3.26. The van der Waals surface area contributed by atoms with Gasteiger partial charge >= 0.3 is 0 Å². The third-order valence-corrected chi connectivity index (χ3v) is 1.50. The van der Waals surface area contributed by atoms with Crippen LogP contribution in [-0.4, -0.2) is 11.6 Å². The van der Waals surface area contributed by atoms with Crippen LogP contribution >= 0.6 is 12.4 Å². The number of carbonyl (C=O) groups excluding carboxylic acids is 1. The van der Waals surface area contributed by atoms with Crippen LogP contribution in [0.4, 0.5) is 0 Å². The minimum atomic E-state index is -0.326. The lowest BCUT2D eigenvalue weighted by molar-refractivity contribution is -0.121. The number of hydrogen-bond donors (Lipinski definition) is 2. The fraction of sp³-hybridized carbons (Fsp3) is 0.833. The van der Waals surface area contributed by atoms with Crippen LogP contribution in [0.15, 0.2) is 0 Å². The van der Waals surface area contributed by atoms with E-state index in [1.165, 1.54) is 0 Å². The smallest absolute Gasteiger partial charge is 0.221 e. The van der Waals surface area contributed by atoms with E-state index in [0.717, 1.165) is 12.8 Å². The molecule has 0 bridgehead atoms. The van der Waals surface area contributed by atoms with Crippen molar-refractivity contribution in [2.75, 3.05) is 0 Å². The monoisotopic (exact) mass is 164 g/mol. The highest BCUT2D eigenvalue weighted by molar-refractivity contribution is 5.85. The first kappa shape index (κ1) is 9.72. The average molecular weight is 165 g/mol. The van der Waals surface area contributed by atoms with Gasteiger partial charge in [-0.25, -0.2) is 0 Å². The normalized spacial score (nSPS) is 19.0. The quantitative estimate of drug-likeness (QED) is 0.580. The van der Waals surface area contributed by atoms with Crippen LogP contribution in [-0.2, 0) is 4.79 Å². The SMILES string of the molecule is CCC(=O)NC1(N)CC1.Cl. The molecule has 60 valence electrons. The van der Waals surface area contributed by atoms with E-state index in [2.05, 4.69) is 5.32 Å². The van der Waals surface area contributed by atoms with Gasteiger partial charge in [0.05, 0.1) is 5.66 Å². The molecule has 1 saturated carbocycles. The number of nitrogens with one attached hydrogen (secondary N) is 1. The van der Waals surface area contributed by atoms with Gasteiger partial charge in [0.2, 0.25) is 5.91 Å². The van der Waals surface area contributed by atoms with Crippen LogP contribution in [0.1, 0.15) is 26.2 Å². The predicted octanol–water partition coefficient (Wildman–Crippen LogP) is 0.383. The maximum Gasteiger partial charge on any atom is 0.221 e. The molecule has 3 N–H and O–H groups in total. The topological polar surface area (TPSA) is 55.1 Å². The van der Waals surface area contributed by atoms with Crippen LogP contribution < -0.4 is 11.1 Å². The third kappa shape index (κ3) is 2.54. The Morgan fingerprint density at radius 3 is 2.50 bits per heavy atom. The molecule has 0 spiro atoms. The molecule has 3 nitrogen and oxygen atoms in total. The summed E-state index contributed by atoms with van der Waals surface area (Å²) in [6.07, 6.45) is 2.39. The van der Waals surface area contributed by atoms with E-state index >= 15 is 0 Å². The van der Waals surface area contributed by atoms with Crippen molar-refractivity contribution in [3.05, 3.63) is 0 Å². The molecule has 0 aromatic rings. The zero-order valence-corrected chi connectivity index (χ0v) is 6.83. The Hall–Kier alpha value is -0.280. The molecule has 0 aromatic carbocycles. The summed E-state index contributed by atoms with van der Waals surface area (Å²) in [6.45, 7) is 1.82. The molecular weight excluding hydrogens is 152 g/mol. The van der Waals surface area contributed by atoms with Crippen LogP contribution in [0.3, 0.4) is 0 Å². The van der Waals surface area contributed by atoms with Gasteiger partial charge in [0.15, 0.2) is 0 Å². The number of amides is 1. The Balaban J connectivity index is 0.000000810. The minimum Gasteiger partial charge on any atom is -0.338 e. The van der Waals surface area contributed by atoms with Crippen molar-refractivity contribution >= 4 is 18.3 Å². The lowest BCUT2D eigenvalue weighted by Gasteiger charge is -2.09. The lowest BCUT2D eigenvalue weighted by Crippen LogP contribution is -2.43. The number of carbonyl (C=O) groups is 1. The molecule has 0 aromatic heterocycles. The van der Waals surface area contributed by atoms with Crippen LogP contribution in [0.5, 0.6) is 0 Å². The molecule has 0 atom stereocenters. The molecule has 0 unspecified atom stereocenters. The molecule has 0 heterocycles. The van der Waals surface area contributed by atoms with Gasteiger partial charge < -0.3 is 11.1 Å². The Bertz CT molecular complexity index is 134. The number of hydrogen-bond acceptors (Lipinski definition) is 2. The van der Waals surface area contributed by atoms with Crippen molar-refractivity contribution in [2.24, 2.45) is 5.73 Å². The lowest BCUT2D eigenvalue weighted by atomic mass is 10.4. The van der Waals surface area contributed by atoms with E-state index in [-0.39, 0.29) is 24.0 Å². The van der Waals surface area contributed by atoms with Crippen molar-refractivity contribution in [2.45, 2.75) is 31.8 Å². The Labute approximate surface area is 66.8 Å². The highest BCUT2D eigenvalue weighted by Crippen LogP contribution is 2.28. The second-order valence-electron chi connectivity index (χ2n) is 2.56. The summed E-state index contributed by atoms with van der Waals surface area (Å²) in [4.78, 5) is 10.7. The summed E-state index contributed by atoms with van der Waals surface area (Å²) in [5, 5.41) is 2.72. The second kappa shape index (κ2) is 3.21. The molecule has 10 heavy (non-hydrogen) atoms. The van der Waals surface area contributed by atoms with Crippen molar-refractivity contribution in [1.29, 1.82) is 0 Å². The maximum absolute atomic E-state index is 10.7. The highest BCUT2D eigenvalue weighted by Gasteiger charge is 2.39. The molecule has 1 fully saturated rings. The number of halogens is 1. The zero-order valence-electron chi connectivity index (χ0n) is 6.02. The third-order valence-electron chi connectivity index (χ3n) is 1.50. The zero-order chi connectivity index (χ0) is 6.91. The van der Waals surface area contributed by atoms with Gasteiger partial charge in [0, 0.05) is 6.42 Å². The van der Waals surface area contributed by atoms with Gasteiger partial charge in [-0.15, -0.1) is 12.4 Å². The molecular formula is C6H13ClN2O.